The molecule has 0 saturated carbocycles. The predicted molar refractivity (Wildman–Crippen MR) is 114 cm³/mol. The van der Waals surface area contributed by atoms with Gasteiger partial charge < -0.3 is 0 Å². The first-order valence-electron chi connectivity index (χ1n) is 10.8. The summed E-state index contributed by atoms with van der Waals surface area (Å²) >= 11 is -4.33. The Balaban J connectivity index is 5.40. The van der Waals surface area contributed by atoms with Crippen molar-refractivity contribution in [1.82, 2.24) is 0 Å². The molecule has 0 aromatic rings. The number of carbonyl (C=O) groups excluding carboxylic acids is 2. The third-order valence-electron chi connectivity index (χ3n) is 5.52. The number of hydrogen-bond acceptors (Lipinski definition) is 4. The first-order valence-corrected chi connectivity index (χ1v) is 34.2. The van der Waals surface area contributed by atoms with Crippen molar-refractivity contribution in [1.29, 1.82) is 0 Å². The van der Waals surface area contributed by atoms with Crippen LogP contribution in [0, 0.1) is 0 Å². The summed E-state index contributed by atoms with van der Waals surface area (Å²) in [5.74, 6) is -0.806. The molecule has 0 N–H and O–H groups in total. The first kappa shape index (κ1) is 26.5. The van der Waals surface area contributed by atoms with E-state index in [9.17, 15) is 9.59 Å². The molecule has 0 radical (unpaired) electrons. The van der Waals surface area contributed by atoms with Crippen molar-refractivity contribution in [3.63, 3.8) is 0 Å². The molecule has 6 heteroatoms. The van der Waals surface area contributed by atoms with Gasteiger partial charge in [0.1, 0.15) is 0 Å². The molecule has 0 aliphatic rings. The van der Waals surface area contributed by atoms with Crippen molar-refractivity contribution in [3.8, 4) is 0 Å². The summed E-state index contributed by atoms with van der Waals surface area (Å²) in [4.78, 5) is 32.7. The summed E-state index contributed by atoms with van der Waals surface area (Å²) in [6, 6.07) is 0. The van der Waals surface area contributed by atoms with Crippen LogP contribution in [0.5, 0.6) is 0 Å². The van der Waals surface area contributed by atoms with Crippen molar-refractivity contribution in [3.05, 3.63) is 0 Å². The summed E-state index contributed by atoms with van der Waals surface area (Å²) in [6.45, 7) is 10.4. The zero-order chi connectivity index (χ0) is 19.8. The Labute approximate surface area is 168 Å². The maximum absolute atomic E-state index is 12.4. The van der Waals surface area contributed by atoms with Gasteiger partial charge in [0.05, 0.1) is 0 Å². The molecule has 0 fully saturated rings. The molecule has 0 aromatic heterocycles. The van der Waals surface area contributed by atoms with Crippen LogP contribution in [-0.4, -0.2) is 42.2 Å². The molecule has 26 heavy (non-hydrogen) atoms. The zero-order valence-electron chi connectivity index (χ0n) is 17.9. The van der Waals surface area contributed by atoms with E-state index in [1.54, 1.807) is 0 Å². The maximum atomic E-state index is 12.4. The van der Waals surface area contributed by atoms with Gasteiger partial charge in [0.25, 0.3) is 0 Å². The fourth-order valence-electron chi connectivity index (χ4n) is 3.99. The van der Waals surface area contributed by atoms with Crippen molar-refractivity contribution < 1.29 is 19.4 Å². The molecule has 0 saturated heterocycles. The molecule has 0 rings (SSSR count). The van der Waals surface area contributed by atoms with Gasteiger partial charge in [-0.1, -0.05) is 0 Å². The standard InChI is InChI=1S/C4H5O4.4C4H9.2Sn.H/c1-3(5)7-8-4(2)6;4*1-3-4-2;;;/h1H2,2H3;4*1,3-4H2,2H3;;;. The molecular formula is C20H42O4Sn2. The minimum absolute atomic E-state index is 0.261. The molecule has 1 unspecified atom stereocenters. The number of carbonyl (C=O) groups is 2. The summed E-state index contributed by atoms with van der Waals surface area (Å²) < 4.78 is 6.45. The van der Waals surface area contributed by atoms with Gasteiger partial charge in [-0.05, 0) is 0 Å². The van der Waals surface area contributed by atoms with Crippen LogP contribution in [0.15, 0.2) is 0 Å². The molecule has 154 valence electrons. The molecule has 0 heterocycles. The Morgan fingerprint density at radius 2 is 1.23 bits per heavy atom. The minimum atomic E-state index is -2.29. The van der Waals surface area contributed by atoms with Crippen LogP contribution in [0.1, 0.15) is 86.0 Å². The zero-order valence-corrected chi connectivity index (χ0v) is 24.1. The molecular weight excluding hydrogens is 542 g/mol. The van der Waals surface area contributed by atoms with Gasteiger partial charge in [-0.15, -0.1) is 0 Å². The Hall–Kier alpha value is 0.537. The molecule has 4 nitrogen and oxygen atoms in total. The fourth-order valence-corrected chi connectivity index (χ4v) is 88.4. The van der Waals surface area contributed by atoms with Gasteiger partial charge in [0.2, 0.25) is 0 Å². The van der Waals surface area contributed by atoms with Crippen LogP contribution in [-0.2, 0) is 19.4 Å². The van der Waals surface area contributed by atoms with E-state index in [0.29, 0.717) is 4.44 Å². The van der Waals surface area contributed by atoms with Gasteiger partial charge in [0, 0.05) is 0 Å². The SMILES string of the molecule is CCC[CH2][SnH]([CH2]C(=O)OOC(C)=O)[Sn]([CH2]CCC)([CH2]CCC)[CH2]CCC. The van der Waals surface area contributed by atoms with Crippen molar-refractivity contribution in [2.75, 3.05) is 0 Å². The van der Waals surface area contributed by atoms with Crippen LogP contribution >= 0.6 is 0 Å². The Morgan fingerprint density at radius 1 is 0.769 bits per heavy atom. The van der Waals surface area contributed by atoms with Gasteiger partial charge >= 0.3 is 170 Å². The second-order valence-electron chi connectivity index (χ2n) is 7.75. The molecule has 0 spiro atoms. The molecule has 0 aliphatic carbocycles. The van der Waals surface area contributed by atoms with E-state index in [4.69, 9.17) is 4.89 Å². The van der Waals surface area contributed by atoms with Crippen LogP contribution < -0.4 is 0 Å². The van der Waals surface area contributed by atoms with Crippen molar-refractivity contribution in [2.24, 2.45) is 0 Å². The number of rotatable bonds is 15. The van der Waals surface area contributed by atoms with Crippen molar-refractivity contribution in [2.45, 2.75) is 108 Å². The Kier molecular flexibility index (Phi) is 16.8. The van der Waals surface area contributed by atoms with Crippen LogP contribution in [0.2, 0.25) is 22.2 Å². The average Bonchev–Trinajstić information content (AvgIpc) is 2.63. The monoisotopic (exact) mass is 586 g/mol. The average molecular weight is 584 g/mol. The third-order valence-corrected chi connectivity index (χ3v) is 86.7. The van der Waals surface area contributed by atoms with Crippen LogP contribution in [0.4, 0.5) is 0 Å². The number of hydrogen-bond donors (Lipinski definition) is 0. The van der Waals surface area contributed by atoms with Gasteiger partial charge in [-0.3, -0.25) is 0 Å². The summed E-state index contributed by atoms with van der Waals surface area (Å²) in [5.41, 5.74) is 0. The summed E-state index contributed by atoms with van der Waals surface area (Å²) in [7, 11) is 0. The predicted octanol–water partition coefficient (Wildman–Crippen LogP) is 5.96. The molecule has 1 atom stereocenters. The van der Waals surface area contributed by atoms with E-state index < -0.39 is 36.2 Å². The van der Waals surface area contributed by atoms with E-state index in [0.717, 1.165) is 0 Å². The third kappa shape index (κ3) is 11.4. The second kappa shape index (κ2) is 16.5. The molecule has 0 bridgehead atoms. The molecule has 0 amide bonds. The summed E-state index contributed by atoms with van der Waals surface area (Å²) in [5, 5.41) is 0. The summed E-state index contributed by atoms with van der Waals surface area (Å²) in [6.07, 6.45) is 10.3. The number of unbranched alkanes of at least 4 members (excludes halogenated alkanes) is 4. The van der Waals surface area contributed by atoms with E-state index in [2.05, 4.69) is 32.6 Å². The van der Waals surface area contributed by atoms with E-state index in [-0.39, 0.29) is 5.97 Å². The van der Waals surface area contributed by atoms with E-state index >= 15 is 0 Å². The molecule has 0 aromatic carbocycles. The van der Waals surface area contributed by atoms with Gasteiger partial charge in [-0.2, -0.15) is 0 Å². The van der Waals surface area contributed by atoms with Crippen LogP contribution in [0.3, 0.4) is 0 Å². The van der Waals surface area contributed by atoms with Crippen molar-refractivity contribution >= 4 is 42.2 Å². The fraction of sp³-hybridized carbons (Fsp3) is 0.900. The Morgan fingerprint density at radius 3 is 1.62 bits per heavy atom. The second-order valence-corrected chi connectivity index (χ2v) is 65.7. The normalized spacial score (nSPS) is 12.7. The van der Waals surface area contributed by atoms with Gasteiger partial charge in [0.15, 0.2) is 0 Å². The first-order chi connectivity index (χ1) is 12.5. The van der Waals surface area contributed by atoms with E-state index in [1.165, 1.54) is 76.0 Å². The topological polar surface area (TPSA) is 52.6 Å². The van der Waals surface area contributed by atoms with Gasteiger partial charge in [-0.25, -0.2) is 0 Å². The van der Waals surface area contributed by atoms with E-state index in [1.807, 2.05) is 0 Å². The molecule has 0 aliphatic heterocycles. The Bertz CT molecular complexity index is 366. The van der Waals surface area contributed by atoms with Crippen LogP contribution in [0.25, 0.3) is 0 Å². The quantitative estimate of drug-likeness (QED) is 0.136.